The molecule has 2 aromatic heterocycles. The van der Waals surface area contributed by atoms with Crippen LogP contribution in [-0.4, -0.2) is 64.2 Å². The number of aromatic amines is 1. The van der Waals surface area contributed by atoms with E-state index in [9.17, 15) is 13.2 Å². The predicted molar refractivity (Wildman–Crippen MR) is 102 cm³/mol. The monoisotopic (exact) mass is 407 g/mol. The molecule has 29 heavy (non-hydrogen) atoms. The fraction of sp³-hybridized carbons (Fsp3) is 0.389. The lowest BCUT2D eigenvalue weighted by atomic mass is 10.2. The van der Waals surface area contributed by atoms with Gasteiger partial charge in [-0.3, -0.25) is 4.90 Å². The molecule has 8 nitrogen and oxygen atoms in total. The van der Waals surface area contributed by atoms with Gasteiger partial charge in [0.2, 0.25) is 5.95 Å². The summed E-state index contributed by atoms with van der Waals surface area (Å²) in [7, 11) is 0. The van der Waals surface area contributed by atoms with Crippen molar-refractivity contribution in [3.63, 3.8) is 0 Å². The minimum atomic E-state index is -4.37. The summed E-state index contributed by atoms with van der Waals surface area (Å²) in [6.45, 7) is 4.77. The summed E-state index contributed by atoms with van der Waals surface area (Å²) in [6, 6.07) is 4.70. The fourth-order valence-electron chi connectivity index (χ4n) is 3.05. The van der Waals surface area contributed by atoms with Crippen molar-refractivity contribution in [3.05, 3.63) is 36.2 Å². The van der Waals surface area contributed by atoms with E-state index in [0.29, 0.717) is 29.2 Å². The topological polar surface area (TPSA) is 91.0 Å². The van der Waals surface area contributed by atoms with Crippen LogP contribution in [0.15, 0.2) is 30.6 Å². The first-order valence-corrected chi connectivity index (χ1v) is 9.18. The maximum absolute atomic E-state index is 12.7. The zero-order valence-electron chi connectivity index (χ0n) is 15.5. The second-order valence-electron chi connectivity index (χ2n) is 6.58. The first-order chi connectivity index (χ1) is 14.0. The van der Waals surface area contributed by atoms with E-state index in [1.807, 2.05) is 0 Å². The van der Waals surface area contributed by atoms with Gasteiger partial charge in [-0.15, -0.1) is 0 Å². The van der Waals surface area contributed by atoms with Crippen LogP contribution in [0.3, 0.4) is 0 Å². The number of ether oxygens (including phenoxy) is 1. The normalized spacial score (nSPS) is 15.6. The Balaban J connectivity index is 1.47. The second kappa shape index (κ2) is 8.21. The maximum atomic E-state index is 12.7. The zero-order valence-corrected chi connectivity index (χ0v) is 15.5. The molecular weight excluding hydrogens is 387 g/mol. The molecule has 0 radical (unpaired) electrons. The molecular formula is C18H20F3N7O. The number of benzene rings is 1. The highest BCUT2D eigenvalue weighted by Crippen LogP contribution is 2.30. The third kappa shape index (κ3) is 4.74. The molecule has 1 fully saturated rings. The van der Waals surface area contributed by atoms with Gasteiger partial charge in [-0.1, -0.05) is 0 Å². The van der Waals surface area contributed by atoms with Gasteiger partial charge in [-0.2, -0.15) is 23.1 Å². The molecule has 0 unspecified atom stereocenters. The minimum Gasteiger partial charge on any atom is -0.379 e. The molecule has 1 saturated heterocycles. The average Bonchev–Trinajstić information content (AvgIpc) is 3.17. The zero-order chi connectivity index (χ0) is 20.3. The van der Waals surface area contributed by atoms with Crippen LogP contribution in [0.1, 0.15) is 5.56 Å². The van der Waals surface area contributed by atoms with Gasteiger partial charge < -0.3 is 20.4 Å². The molecule has 0 aliphatic carbocycles. The van der Waals surface area contributed by atoms with E-state index in [1.54, 1.807) is 0 Å². The van der Waals surface area contributed by atoms with Gasteiger partial charge in [-0.25, -0.2) is 4.98 Å². The van der Waals surface area contributed by atoms with Crippen LogP contribution in [-0.2, 0) is 10.9 Å². The summed E-state index contributed by atoms with van der Waals surface area (Å²) >= 11 is 0. The Hall–Kier alpha value is -2.92. The molecule has 1 aliphatic heterocycles. The van der Waals surface area contributed by atoms with Crippen molar-refractivity contribution in [1.29, 1.82) is 0 Å². The highest BCUT2D eigenvalue weighted by molar-refractivity contribution is 5.84. The van der Waals surface area contributed by atoms with Gasteiger partial charge in [0.25, 0.3) is 0 Å². The lowest BCUT2D eigenvalue weighted by Gasteiger charge is -2.26. The number of rotatable bonds is 6. The first-order valence-electron chi connectivity index (χ1n) is 9.18. The molecule has 1 aromatic carbocycles. The summed E-state index contributed by atoms with van der Waals surface area (Å²) in [5.74, 6) is 0.827. The number of hydrogen-bond donors (Lipinski definition) is 3. The first kappa shape index (κ1) is 19.4. The number of H-pyrrole nitrogens is 1. The van der Waals surface area contributed by atoms with E-state index in [1.165, 1.54) is 18.5 Å². The van der Waals surface area contributed by atoms with Crippen LogP contribution < -0.4 is 10.6 Å². The third-order valence-corrected chi connectivity index (χ3v) is 4.58. The van der Waals surface area contributed by atoms with Crippen molar-refractivity contribution < 1.29 is 17.9 Å². The SMILES string of the molecule is FC(F)(F)c1ccc(Nc2nc(NCCN3CCOCC3)c3[nH]cnc3n2)cc1. The van der Waals surface area contributed by atoms with E-state index in [-0.39, 0.29) is 5.95 Å². The van der Waals surface area contributed by atoms with E-state index < -0.39 is 11.7 Å². The van der Waals surface area contributed by atoms with Crippen LogP contribution in [0, 0.1) is 0 Å². The van der Waals surface area contributed by atoms with Gasteiger partial charge >= 0.3 is 6.18 Å². The third-order valence-electron chi connectivity index (χ3n) is 4.58. The number of nitrogens with zero attached hydrogens (tertiary/aromatic N) is 4. The Kier molecular flexibility index (Phi) is 5.49. The van der Waals surface area contributed by atoms with Crippen LogP contribution in [0.4, 0.5) is 30.6 Å². The van der Waals surface area contributed by atoms with Crippen molar-refractivity contribution in [2.75, 3.05) is 50.0 Å². The van der Waals surface area contributed by atoms with Crippen LogP contribution in [0.25, 0.3) is 11.2 Å². The Labute approximate surface area is 164 Å². The van der Waals surface area contributed by atoms with E-state index in [0.717, 1.165) is 45.0 Å². The van der Waals surface area contributed by atoms with Crippen molar-refractivity contribution in [3.8, 4) is 0 Å². The van der Waals surface area contributed by atoms with Gasteiger partial charge in [0.1, 0.15) is 5.52 Å². The smallest absolute Gasteiger partial charge is 0.379 e. The molecule has 0 amide bonds. The van der Waals surface area contributed by atoms with Crippen LogP contribution in [0.2, 0.25) is 0 Å². The number of imidazole rings is 1. The largest absolute Gasteiger partial charge is 0.416 e. The number of alkyl halides is 3. The van der Waals surface area contributed by atoms with Crippen molar-refractivity contribution in [1.82, 2.24) is 24.8 Å². The lowest BCUT2D eigenvalue weighted by Crippen LogP contribution is -2.39. The highest BCUT2D eigenvalue weighted by Gasteiger charge is 2.30. The molecule has 4 rings (SSSR count). The Morgan fingerprint density at radius 1 is 1.10 bits per heavy atom. The number of morpholine rings is 1. The fourth-order valence-corrected chi connectivity index (χ4v) is 3.05. The molecule has 11 heteroatoms. The van der Waals surface area contributed by atoms with E-state index in [2.05, 4.69) is 35.5 Å². The number of anilines is 3. The number of halogens is 3. The molecule has 3 N–H and O–H groups in total. The molecule has 0 bridgehead atoms. The minimum absolute atomic E-state index is 0.248. The molecule has 3 heterocycles. The lowest BCUT2D eigenvalue weighted by molar-refractivity contribution is -0.137. The van der Waals surface area contributed by atoms with Crippen LogP contribution >= 0.6 is 0 Å². The Bertz CT molecular complexity index is 952. The summed E-state index contributed by atoms with van der Waals surface area (Å²) in [5, 5.41) is 6.22. The summed E-state index contributed by atoms with van der Waals surface area (Å²) in [6.07, 6.45) is -2.85. The van der Waals surface area contributed by atoms with Gasteiger partial charge in [0.15, 0.2) is 11.5 Å². The number of hydrogen-bond acceptors (Lipinski definition) is 7. The maximum Gasteiger partial charge on any atom is 0.416 e. The number of aromatic nitrogens is 4. The predicted octanol–water partition coefficient (Wildman–Crippen LogP) is 2.86. The van der Waals surface area contributed by atoms with Gasteiger partial charge in [0, 0.05) is 31.9 Å². The summed E-state index contributed by atoms with van der Waals surface area (Å²) in [5.41, 5.74) is 0.873. The van der Waals surface area contributed by atoms with Crippen molar-refractivity contribution in [2.24, 2.45) is 0 Å². The van der Waals surface area contributed by atoms with Crippen molar-refractivity contribution in [2.45, 2.75) is 6.18 Å². The van der Waals surface area contributed by atoms with Gasteiger partial charge in [-0.05, 0) is 24.3 Å². The molecule has 3 aromatic rings. The number of fused-ring (bicyclic) bond motifs is 1. The molecule has 1 aliphatic rings. The highest BCUT2D eigenvalue weighted by atomic mass is 19.4. The van der Waals surface area contributed by atoms with Crippen LogP contribution in [0.5, 0.6) is 0 Å². The molecule has 154 valence electrons. The average molecular weight is 407 g/mol. The molecule has 0 spiro atoms. The van der Waals surface area contributed by atoms with E-state index >= 15 is 0 Å². The Morgan fingerprint density at radius 2 is 1.86 bits per heavy atom. The van der Waals surface area contributed by atoms with Gasteiger partial charge in [0.05, 0.1) is 25.1 Å². The van der Waals surface area contributed by atoms with Crippen molar-refractivity contribution >= 4 is 28.6 Å². The second-order valence-corrected chi connectivity index (χ2v) is 6.58. The molecule has 0 atom stereocenters. The quantitative estimate of drug-likeness (QED) is 0.579. The molecule has 0 saturated carbocycles. The summed E-state index contributed by atoms with van der Waals surface area (Å²) < 4.78 is 43.5. The Morgan fingerprint density at radius 3 is 2.59 bits per heavy atom. The standard InChI is InChI=1S/C18H20F3N7O/c19-18(20,21)12-1-3-13(4-2-12)25-17-26-15(14-16(27-17)24-11-23-14)22-5-6-28-7-9-29-10-8-28/h1-4,11H,5-10H2,(H3,22,23,24,25,26,27). The number of nitrogens with one attached hydrogen (secondary N) is 3. The van der Waals surface area contributed by atoms with E-state index in [4.69, 9.17) is 4.74 Å². The summed E-state index contributed by atoms with van der Waals surface area (Å²) in [4.78, 5) is 18.2.